The number of esters is 1. The fourth-order valence-corrected chi connectivity index (χ4v) is 6.32. The second-order valence-electron chi connectivity index (χ2n) is 10.0. The molecule has 2 fully saturated rings. The predicted octanol–water partition coefficient (Wildman–Crippen LogP) is 2.63. The molecule has 204 valence electrons. The molecule has 0 saturated carbocycles. The number of ether oxygens (including phenoxy) is 6. The van der Waals surface area contributed by atoms with Crippen molar-refractivity contribution >= 4 is 11.5 Å². The number of benzene rings is 2. The van der Waals surface area contributed by atoms with E-state index < -0.39 is 36.2 Å². The molecule has 11 nitrogen and oxygen atoms in total. The smallest absolute Gasteiger partial charge is 0.328 e. The fourth-order valence-electron chi connectivity index (χ4n) is 6.32. The highest BCUT2D eigenvalue weighted by Crippen LogP contribution is 2.54. The van der Waals surface area contributed by atoms with Crippen LogP contribution in [0.4, 0.5) is 0 Å². The summed E-state index contributed by atoms with van der Waals surface area (Å²) in [6, 6.07) is 2.76. The Kier molecular flexibility index (Phi) is 6.06. The van der Waals surface area contributed by atoms with Crippen molar-refractivity contribution in [3.63, 3.8) is 0 Å². The second-order valence-corrected chi connectivity index (χ2v) is 10.0. The molecule has 0 amide bonds. The van der Waals surface area contributed by atoms with Crippen LogP contribution in [0.1, 0.15) is 39.9 Å². The molecule has 6 rings (SSSR count). The van der Waals surface area contributed by atoms with Gasteiger partial charge in [0.15, 0.2) is 29.8 Å². The number of morpholine rings is 1. The number of hydrogen-bond acceptors (Lipinski definition) is 11. The molecule has 2 aromatic rings. The summed E-state index contributed by atoms with van der Waals surface area (Å²) in [5.74, 6) is 1.16. The number of rotatable bonds is 5. The van der Waals surface area contributed by atoms with Crippen LogP contribution in [0.5, 0.6) is 28.7 Å². The van der Waals surface area contributed by atoms with Gasteiger partial charge in [-0.15, -0.1) is 0 Å². The molecule has 2 aromatic carbocycles. The predicted molar refractivity (Wildman–Crippen MR) is 137 cm³/mol. The average molecular weight is 536 g/mol. The van der Waals surface area contributed by atoms with Gasteiger partial charge in [0.25, 0.3) is 0 Å². The van der Waals surface area contributed by atoms with Crippen molar-refractivity contribution in [1.29, 1.82) is 5.26 Å². The maximum absolute atomic E-state index is 13.5. The first kappa shape index (κ1) is 25.3. The van der Waals surface area contributed by atoms with Gasteiger partial charge in [0.1, 0.15) is 24.4 Å². The van der Waals surface area contributed by atoms with Crippen LogP contribution in [0, 0.1) is 25.2 Å². The van der Waals surface area contributed by atoms with Gasteiger partial charge in [-0.25, -0.2) is 4.79 Å². The van der Waals surface area contributed by atoms with E-state index in [9.17, 15) is 15.2 Å². The number of cyclic esters (lactones) is 1. The van der Waals surface area contributed by atoms with Crippen LogP contribution in [0.2, 0.25) is 0 Å². The summed E-state index contributed by atoms with van der Waals surface area (Å²) in [7, 11) is 3.02. The van der Waals surface area contributed by atoms with Crippen LogP contribution < -0.4 is 24.3 Å². The summed E-state index contributed by atoms with van der Waals surface area (Å²) in [5, 5.41) is 25.3. The van der Waals surface area contributed by atoms with Gasteiger partial charge >= 0.3 is 5.97 Å². The first-order chi connectivity index (χ1) is 18.8. The Morgan fingerprint density at radius 1 is 1.21 bits per heavy atom. The lowest BCUT2D eigenvalue weighted by molar-refractivity contribution is -0.170. The Bertz CT molecular complexity index is 1430. The number of aromatic hydroxyl groups is 1. The van der Waals surface area contributed by atoms with Crippen molar-refractivity contribution in [3.8, 4) is 34.8 Å². The molecule has 0 aliphatic carbocycles. The summed E-state index contributed by atoms with van der Waals surface area (Å²) < 4.78 is 33.7. The molecular weight excluding hydrogens is 506 g/mol. The van der Waals surface area contributed by atoms with Crippen molar-refractivity contribution in [2.24, 2.45) is 0 Å². The fraction of sp³-hybridized carbons (Fsp3) is 0.429. The maximum atomic E-state index is 13.5. The lowest BCUT2D eigenvalue weighted by atomic mass is 9.75. The summed E-state index contributed by atoms with van der Waals surface area (Å²) in [6.07, 6.45) is 0. The van der Waals surface area contributed by atoms with Crippen molar-refractivity contribution < 1.29 is 38.3 Å². The molecule has 39 heavy (non-hydrogen) atoms. The van der Waals surface area contributed by atoms with Gasteiger partial charge < -0.3 is 33.5 Å². The van der Waals surface area contributed by atoms with Crippen LogP contribution in [-0.4, -0.2) is 68.5 Å². The topological polar surface area (TPSA) is 132 Å². The van der Waals surface area contributed by atoms with Gasteiger partial charge in [0, 0.05) is 23.8 Å². The van der Waals surface area contributed by atoms with Crippen LogP contribution in [0.15, 0.2) is 18.7 Å². The Hall–Kier alpha value is -3.98. The Morgan fingerprint density at radius 3 is 2.69 bits per heavy atom. The normalized spacial score (nSPS) is 26.8. The van der Waals surface area contributed by atoms with E-state index in [2.05, 4.69) is 18.0 Å². The number of piperazine rings is 1. The summed E-state index contributed by atoms with van der Waals surface area (Å²) in [5.41, 5.74) is 3.92. The quantitative estimate of drug-likeness (QED) is 0.433. The number of carbonyl (C=O) groups excluding carboxylic acids is 1. The van der Waals surface area contributed by atoms with E-state index in [-0.39, 0.29) is 25.9 Å². The van der Waals surface area contributed by atoms with Crippen LogP contribution in [0.25, 0.3) is 5.57 Å². The van der Waals surface area contributed by atoms with Crippen LogP contribution in [-0.2, 0) is 14.3 Å². The third kappa shape index (κ3) is 3.56. The SMILES string of the molecule is C=C1c2cc(C)c(OC)c(O)c2[C@H]2N[C@@H]1[C@@H](C#N)N1[C@@H](c3cc(OCOC)c(C)c4c3OCO4)C(=O)OC[C@@H]21. The molecule has 11 heteroatoms. The number of phenols is 1. The Balaban J connectivity index is 1.53. The van der Waals surface area contributed by atoms with Gasteiger partial charge in [0.2, 0.25) is 6.79 Å². The number of fused-ring (bicyclic) bond motifs is 7. The highest BCUT2D eigenvalue weighted by atomic mass is 16.7. The van der Waals surface area contributed by atoms with Crippen molar-refractivity contribution in [1.82, 2.24) is 10.2 Å². The van der Waals surface area contributed by atoms with Crippen molar-refractivity contribution in [2.45, 2.75) is 44.1 Å². The van der Waals surface area contributed by atoms with Gasteiger partial charge in [-0.2, -0.15) is 5.26 Å². The van der Waals surface area contributed by atoms with E-state index >= 15 is 0 Å². The summed E-state index contributed by atoms with van der Waals surface area (Å²) in [6.45, 7) is 7.96. The standard InChI is InChI=1S/C28H29N3O8/c1-12-6-15-13(2)21-17(8-29)31-18(22(30-21)20(15)24(32)25(12)35-5)9-36-28(33)23(31)16-7-19(37-10-34-4)14(3)26-27(16)39-11-38-26/h6-7,17-18,21-23,30,32H,2,9-11H2,1,3-5H3/t17-,18+,21+,22+,23+/m1/s1. The number of nitriles is 1. The Morgan fingerprint density at radius 2 is 1.97 bits per heavy atom. The first-order valence-electron chi connectivity index (χ1n) is 12.6. The molecular formula is C28H29N3O8. The van der Waals surface area contributed by atoms with Gasteiger partial charge in [-0.05, 0) is 42.7 Å². The van der Waals surface area contributed by atoms with E-state index in [4.69, 9.17) is 28.4 Å². The largest absolute Gasteiger partial charge is 0.504 e. The van der Waals surface area contributed by atoms with E-state index in [1.54, 1.807) is 6.07 Å². The Labute approximate surface area is 225 Å². The molecule has 2 bridgehead atoms. The monoisotopic (exact) mass is 535 g/mol. The highest BCUT2D eigenvalue weighted by Gasteiger charge is 2.56. The van der Waals surface area contributed by atoms with Gasteiger partial charge in [-0.1, -0.05) is 6.58 Å². The van der Waals surface area contributed by atoms with E-state index in [0.717, 1.165) is 11.1 Å². The molecule has 4 aliphatic rings. The lowest BCUT2D eigenvalue weighted by Crippen LogP contribution is -2.69. The molecule has 2 N–H and O–H groups in total. The highest BCUT2D eigenvalue weighted by molar-refractivity contribution is 5.83. The summed E-state index contributed by atoms with van der Waals surface area (Å²) in [4.78, 5) is 15.4. The zero-order valence-electron chi connectivity index (χ0n) is 22.1. The zero-order chi connectivity index (χ0) is 27.6. The lowest BCUT2D eigenvalue weighted by Gasteiger charge is -2.55. The third-order valence-electron chi connectivity index (χ3n) is 8.03. The number of carbonyl (C=O) groups is 1. The number of methoxy groups -OCH3 is 2. The third-order valence-corrected chi connectivity index (χ3v) is 8.03. The number of hydrogen-bond donors (Lipinski definition) is 2. The van der Waals surface area contributed by atoms with Crippen LogP contribution in [0.3, 0.4) is 0 Å². The van der Waals surface area contributed by atoms with Gasteiger partial charge in [-0.3, -0.25) is 10.2 Å². The maximum Gasteiger partial charge on any atom is 0.328 e. The molecule has 0 unspecified atom stereocenters. The summed E-state index contributed by atoms with van der Waals surface area (Å²) >= 11 is 0. The number of phenolic OH excluding ortho intramolecular Hbond substituents is 1. The minimum Gasteiger partial charge on any atom is -0.504 e. The molecule has 5 atom stereocenters. The number of nitrogens with one attached hydrogen (secondary N) is 1. The first-order valence-corrected chi connectivity index (χ1v) is 12.6. The van der Waals surface area contributed by atoms with Crippen molar-refractivity contribution in [3.05, 3.63) is 46.5 Å². The van der Waals surface area contributed by atoms with Gasteiger partial charge in [0.05, 0.1) is 31.3 Å². The molecule has 0 spiro atoms. The van der Waals surface area contributed by atoms with Crippen molar-refractivity contribution in [2.75, 3.05) is 34.4 Å². The molecule has 0 aromatic heterocycles. The molecule has 4 heterocycles. The molecule has 2 saturated heterocycles. The van der Waals surface area contributed by atoms with E-state index in [0.29, 0.717) is 45.3 Å². The van der Waals surface area contributed by atoms with E-state index in [1.165, 1.54) is 14.2 Å². The minimum absolute atomic E-state index is 0.00313. The molecule has 0 radical (unpaired) electrons. The number of nitrogens with zero attached hydrogens (tertiary/aromatic N) is 2. The average Bonchev–Trinajstić information content (AvgIpc) is 3.42. The zero-order valence-corrected chi connectivity index (χ0v) is 22.1. The number of aryl methyl sites for hydroxylation is 1. The van der Waals surface area contributed by atoms with Crippen LogP contribution >= 0.6 is 0 Å². The molecule has 4 aliphatic heterocycles. The minimum atomic E-state index is -1.01. The second kappa shape index (κ2) is 9.34. The van der Waals surface area contributed by atoms with E-state index in [1.807, 2.05) is 24.8 Å².